The quantitative estimate of drug-likeness (QED) is 0.775. The van der Waals surface area contributed by atoms with Crippen LogP contribution in [0.3, 0.4) is 0 Å². The number of aromatic nitrogens is 2. The van der Waals surface area contributed by atoms with Gasteiger partial charge in [-0.3, -0.25) is 4.79 Å². The number of carbonyl (C=O) groups is 1. The number of benzene rings is 1. The molecule has 136 valence electrons. The molecule has 0 bridgehead atoms. The Labute approximate surface area is 159 Å². The fourth-order valence-corrected chi connectivity index (χ4v) is 3.92. The van der Waals surface area contributed by atoms with E-state index in [1.165, 1.54) is 12.8 Å². The standard InChI is InChI=1S/C20H23ClN4O/c21-10-8-18(26)25-13-9-17-16(14-25)20(24-11-4-5-12-24)23-19(22-17)15-6-2-1-3-7-15/h1-3,6-7H,4-5,8-14H2. The van der Waals surface area contributed by atoms with E-state index < -0.39 is 0 Å². The van der Waals surface area contributed by atoms with E-state index >= 15 is 0 Å². The van der Waals surface area contributed by atoms with Crippen molar-refractivity contribution in [2.75, 3.05) is 30.4 Å². The molecule has 3 heterocycles. The number of carbonyl (C=O) groups excluding carboxylic acids is 1. The highest BCUT2D eigenvalue weighted by Crippen LogP contribution is 2.31. The van der Waals surface area contributed by atoms with Crippen LogP contribution < -0.4 is 4.90 Å². The Balaban J connectivity index is 1.73. The number of alkyl halides is 1. The van der Waals surface area contributed by atoms with Crippen LogP contribution in [0.1, 0.15) is 30.5 Å². The number of anilines is 1. The summed E-state index contributed by atoms with van der Waals surface area (Å²) in [6, 6.07) is 10.1. The molecule has 0 N–H and O–H groups in total. The average Bonchev–Trinajstić information content (AvgIpc) is 3.22. The summed E-state index contributed by atoms with van der Waals surface area (Å²) in [4.78, 5) is 26.3. The maximum Gasteiger partial charge on any atom is 0.224 e. The minimum absolute atomic E-state index is 0.116. The van der Waals surface area contributed by atoms with Crippen LogP contribution in [0.5, 0.6) is 0 Å². The highest BCUT2D eigenvalue weighted by molar-refractivity contribution is 6.18. The lowest BCUT2D eigenvalue weighted by molar-refractivity contribution is -0.131. The largest absolute Gasteiger partial charge is 0.356 e. The molecule has 5 nitrogen and oxygen atoms in total. The maximum atomic E-state index is 12.3. The van der Waals surface area contributed by atoms with Crippen LogP contribution in [0.25, 0.3) is 11.4 Å². The van der Waals surface area contributed by atoms with Gasteiger partial charge < -0.3 is 9.80 Å². The molecule has 1 aromatic heterocycles. The lowest BCUT2D eigenvalue weighted by Gasteiger charge is -2.31. The van der Waals surface area contributed by atoms with Crippen LogP contribution in [0.2, 0.25) is 0 Å². The molecular weight excluding hydrogens is 348 g/mol. The molecular formula is C20H23ClN4O. The summed E-state index contributed by atoms with van der Waals surface area (Å²) in [5, 5.41) is 0. The molecule has 0 aliphatic carbocycles. The molecule has 0 saturated carbocycles. The Kier molecular flexibility index (Phi) is 5.07. The number of hydrogen-bond donors (Lipinski definition) is 0. The molecule has 1 amide bonds. The number of nitrogens with zero attached hydrogens (tertiary/aromatic N) is 4. The fourth-order valence-electron chi connectivity index (χ4n) is 3.76. The van der Waals surface area contributed by atoms with E-state index in [1.54, 1.807) is 0 Å². The molecule has 26 heavy (non-hydrogen) atoms. The summed E-state index contributed by atoms with van der Waals surface area (Å²) >= 11 is 5.76. The SMILES string of the molecule is O=C(CCCl)N1CCc2nc(-c3ccccc3)nc(N3CCCC3)c2C1. The van der Waals surface area contributed by atoms with Gasteiger partial charge in [-0.25, -0.2) is 9.97 Å². The zero-order valence-electron chi connectivity index (χ0n) is 14.8. The fraction of sp³-hybridized carbons (Fsp3) is 0.450. The molecule has 0 radical (unpaired) electrons. The number of hydrogen-bond acceptors (Lipinski definition) is 4. The van der Waals surface area contributed by atoms with Gasteiger partial charge in [-0.1, -0.05) is 30.3 Å². The van der Waals surface area contributed by atoms with Crippen molar-refractivity contribution >= 4 is 23.3 Å². The molecule has 1 saturated heterocycles. The number of amides is 1. The van der Waals surface area contributed by atoms with Gasteiger partial charge in [0, 0.05) is 49.5 Å². The highest BCUT2D eigenvalue weighted by atomic mass is 35.5. The predicted octanol–water partition coefficient (Wildman–Crippen LogP) is 3.26. The first-order chi connectivity index (χ1) is 12.8. The number of fused-ring (bicyclic) bond motifs is 1. The van der Waals surface area contributed by atoms with Gasteiger partial charge in [-0.05, 0) is 12.8 Å². The van der Waals surface area contributed by atoms with Crippen molar-refractivity contribution in [1.82, 2.24) is 14.9 Å². The van der Waals surface area contributed by atoms with Crippen molar-refractivity contribution in [2.24, 2.45) is 0 Å². The molecule has 0 atom stereocenters. The van der Waals surface area contributed by atoms with Crippen LogP contribution in [0, 0.1) is 0 Å². The van der Waals surface area contributed by atoms with Crippen molar-refractivity contribution < 1.29 is 4.79 Å². The molecule has 1 fully saturated rings. The van der Waals surface area contributed by atoms with E-state index in [-0.39, 0.29) is 5.91 Å². The normalized spacial score (nSPS) is 16.7. The van der Waals surface area contributed by atoms with Crippen molar-refractivity contribution in [3.8, 4) is 11.4 Å². The Morgan fingerprint density at radius 2 is 1.85 bits per heavy atom. The average molecular weight is 371 g/mol. The van der Waals surface area contributed by atoms with Gasteiger partial charge in [0.25, 0.3) is 0 Å². The van der Waals surface area contributed by atoms with Gasteiger partial charge in [0.1, 0.15) is 5.82 Å². The number of halogens is 1. The monoisotopic (exact) mass is 370 g/mol. The van der Waals surface area contributed by atoms with Crippen molar-refractivity contribution in [3.05, 3.63) is 41.6 Å². The van der Waals surface area contributed by atoms with Crippen molar-refractivity contribution in [1.29, 1.82) is 0 Å². The Morgan fingerprint density at radius 3 is 2.58 bits per heavy atom. The lowest BCUT2D eigenvalue weighted by Crippen LogP contribution is -2.38. The third-order valence-corrected chi connectivity index (χ3v) is 5.33. The molecule has 1 aromatic carbocycles. The molecule has 0 spiro atoms. The van der Waals surface area contributed by atoms with E-state index in [0.29, 0.717) is 25.4 Å². The summed E-state index contributed by atoms with van der Waals surface area (Å²) in [6.07, 6.45) is 3.54. The van der Waals surface area contributed by atoms with E-state index in [0.717, 1.165) is 48.0 Å². The first kappa shape index (κ1) is 17.3. The van der Waals surface area contributed by atoms with E-state index in [1.807, 2.05) is 23.1 Å². The van der Waals surface area contributed by atoms with Crippen LogP contribution >= 0.6 is 11.6 Å². The summed E-state index contributed by atoms with van der Waals surface area (Å²) in [7, 11) is 0. The third-order valence-electron chi connectivity index (χ3n) is 5.14. The second-order valence-electron chi connectivity index (χ2n) is 6.86. The van der Waals surface area contributed by atoms with Crippen LogP contribution in [0.15, 0.2) is 30.3 Å². The minimum atomic E-state index is 0.116. The first-order valence-corrected chi connectivity index (χ1v) is 9.83. The topological polar surface area (TPSA) is 49.3 Å². The second kappa shape index (κ2) is 7.62. The van der Waals surface area contributed by atoms with Gasteiger partial charge in [0.15, 0.2) is 5.82 Å². The highest BCUT2D eigenvalue weighted by Gasteiger charge is 2.28. The second-order valence-corrected chi connectivity index (χ2v) is 7.24. The van der Waals surface area contributed by atoms with Crippen molar-refractivity contribution in [3.63, 3.8) is 0 Å². The molecule has 4 rings (SSSR count). The van der Waals surface area contributed by atoms with Crippen LogP contribution in [-0.2, 0) is 17.8 Å². The third kappa shape index (κ3) is 3.40. The Bertz CT molecular complexity index is 790. The minimum Gasteiger partial charge on any atom is -0.356 e. The summed E-state index contributed by atoms with van der Waals surface area (Å²) < 4.78 is 0. The molecule has 6 heteroatoms. The molecule has 2 aromatic rings. The van der Waals surface area contributed by atoms with Crippen molar-refractivity contribution in [2.45, 2.75) is 32.2 Å². The van der Waals surface area contributed by atoms with Gasteiger partial charge >= 0.3 is 0 Å². The van der Waals surface area contributed by atoms with Gasteiger partial charge in [0.2, 0.25) is 5.91 Å². The van der Waals surface area contributed by atoms with Gasteiger partial charge in [-0.2, -0.15) is 0 Å². The molecule has 2 aliphatic heterocycles. The summed E-state index contributed by atoms with van der Waals surface area (Å²) in [5.41, 5.74) is 3.23. The summed E-state index contributed by atoms with van der Waals surface area (Å²) in [5.74, 6) is 2.27. The van der Waals surface area contributed by atoms with E-state index in [9.17, 15) is 4.79 Å². The smallest absolute Gasteiger partial charge is 0.224 e. The molecule has 2 aliphatic rings. The van der Waals surface area contributed by atoms with Gasteiger partial charge in [0.05, 0.1) is 12.2 Å². The zero-order chi connectivity index (χ0) is 17.9. The first-order valence-electron chi connectivity index (χ1n) is 9.30. The number of rotatable bonds is 4. The summed E-state index contributed by atoms with van der Waals surface area (Å²) in [6.45, 7) is 3.33. The van der Waals surface area contributed by atoms with E-state index in [2.05, 4.69) is 17.0 Å². The van der Waals surface area contributed by atoms with Gasteiger partial charge in [-0.15, -0.1) is 11.6 Å². The zero-order valence-corrected chi connectivity index (χ0v) is 15.6. The predicted molar refractivity (Wildman–Crippen MR) is 103 cm³/mol. The maximum absolute atomic E-state index is 12.3. The Hall–Kier alpha value is -2.14. The van der Waals surface area contributed by atoms with Crippen LogP contribution in [-0.4, -0.2) is 46.3 Å². The Morgan fingerprint density at radius 1 is 1.08 bits per heavy atom. The van der Waals surface area contributed by atoms with E-state index in [4.69, 9.17) is 21.6 Å². The molecule has 0 unspecified atom stereocenters. The lowest BCUT2D eigenvalue weighted by atomic mass is 10.0. The van der Waals surface area contributed by atoms with Crippen LogP contribution in [0.4, 0.5) is 5.82 Å².